The molecule has 0 fully saturated rings. The number of rotatable bonds is 55. The first kappa shape index (κ1) is 69.3. The Balaban J connectivity index is 4.47. The van der Waals surface area contributed by atoms with Crippen LogP contribution in [0.2, 0.25) is 0 Å². The van der Waals surface area contributed by atoms with Crippen LogP contribution in [0.4, 0.5) is 0 Å². The van der Waals surface area contributed by atoms with E-state index in [4.69, 9.17) is 14.2 Å². The molecule has 0 spiro atoms. The van der Waals surface area contributed by atoms with Crippen LogP contribution in [0.3, 0.4) is 0 Å². The van der Waals surface area contributed by atoms with Crippen LogP contribution in [0.25, 0.3) is 0 Å². The molecule has 0 unspecified atom stereocenters. The Morgan fingerprint density at radius 2 is 0.548 bits per heavy atom. The van der Waals surface area contributed by atoms with Gasteiger partial charge >= 0.3 is 17.9 Å². The van der Waals surface area contributed by atoms with Gasteiger partial charge in [0.15, 0.2) is 6.10 Å². The van der Waals surface area contributed by atoms with Gasteiger partial charge in [-0.15, -0.1) is 0 Å². The summed E-state index contributed by atoms with van der Waals surface area (Å²) >= 11 is 0. The van der Waals surface area contributed by atoms with Gasteiger partial charge in [-0.2, -0.15) is 0 Å². The molecule has 0 heterocycles. The largest absolute Gasteiger partial charge is 0.462 e. The summed E-state index contributed by atoms with van der Waals surface area (Å²) in [6.45, 7) is 6.47. The fourth-order valence-electron chi connectivity index (χ4n) is 8.44. The standard InChI is InChI=1S/C67H114O6/c1-4-7-10-13-16-19-22-25-28-31-33-36-39-42-45-48-51-54-57-60-66(69)72-63-64(62-71-65(68)59-56-53-50-47-44-41-38-35-30-27-24-21-18-15-12-9-6-3)73-67(70)61-58-55-52-49-46-43-40-37-34-32-29-26-23-20-17-14-11-8-5-2/h9,12,16,18-19,21,25,27-28,30,32,34,38,41,47,50,64H,4-8,10-11,13-15,17,20,22-24,26,29,31,33,35-37,39-40,42-46,48-49,51-63H2,1-3H3/b12-9-,19-16-,21-18-,28-25-,30-27-,34-32-,41-38-,50-47-/t64-/m1/s1. The van der Waals surface area contributed by atoms with Crippen molar-refractivity contribution in [1.29, 1.82) is 0 Å². The van der Waals surface area contributed by atoms with Gasteiger partial charge in [0.2, 0.25) is 0 Å². The van der Waals surface area contributed by atoms with Crippen LogP contribution < -0.4 is 0 Å². The van der Waals surface area contributed by atoms with Gasteiger partial charge in [0.05, 0.1) is 0 Å². The summed E-state index contributed by atoms with van der Waals surface area (Å²) < 4.78 is 16.9. The van der Waals surface area contributed by atoms with Crippen LogP contribution in [-0.4, -0.2) is 37.2 Å². The van der Waals surface area contributed by atoms with E-state index in [2.05, 4.69) is 118 Å². The first-order valence-corrected chi connectivity index (χ1v) is 30.7. The lowest BCUT2D eigenvalue weighted by molar-refractivity contribution is -0.167. The van der Waals surface area contributed by atoms with Crippen molar-refractivity contribution in [2.24, 2.45) is 0 Å². The minimum atomic E-state index is -0.806. The van der Waals surface area contributed by atoms with Crippen LogP contribution in [0, 0.1) is 0 Å². The Morgan fingerprint density at radius 3 is 0.932 bits per heavy atom. The monoisotopic (exact) mass is 1010 g/mol. The second kappa shape index (κ2) is 60.9. The third-order valence-corrected chi connectivity index (χ3v) is 13.0. The molecular weight excluding hydrogens is 901 g/mol. The van der Waals surface area contributed by atoms with Gasteiger partial charge in [-0.1, -0.05) is 253 Å². The number of esters is 3. The summed E-state index contributed by atoms with van der Waals surface area (Å²) in [6.07, 6.45) is 81.2. The zero-order valence-corrected chi connectivity index (χ0v) is 47.9. The van der Waals surface area contributed by atoms with Gasteiger partial charge in [0.1, 0.15) is 13.2 Å². The highest BCUT2D eigenvalue weighted by Gasteiger charge is 2.19. The van der Waals surface area contributed by atoms with Gasteiger partial charge in [0.25, 0.3) is 0 Å². The number of allylic oxidation sites excluding steroid dienone is 16. The molecule has 1 atom stereocenters. The van der Waals surface area contributed by atoms with Crippen LogP contribution in [0.5, 0.6) is 0 Å². The average Bonchev–Trinajstić information content (AvgIpc) is 3.39. The highest BCUT2D eigenvalue weighted by molar-refractivity contribution is 5.71. The molecule has 0 aromatic carbocycles. The minimum Gasteiger partial charge on any atom is -0.462 e. The summed E-state index contributed by atoms with van der Waals surface area (Å²) in [7, 11) is 0. The Morgan fingerprint density at radius 1 is 0.288 bits per heavy atom. The summed E-state index contributed by atoms with van der Waals surface area (Å²) in [5.74, 6) is -0.961. The molecule has 0 aliphatic heterocycles. The summed E-state index contributed by atoms with van der Waals surface area (Å²) in [6, 6.07) is 0. The molecule has 0 saturated carbocycles. The summed E-state index contributed by atoms with van der Waals surface area (Å²) in [4.78, 5) is 38.3. The van der Waals surface area contributed by atoms with Crippen molar-refractivity contribution in [3.8, 4) is 0 Å². The van der Waals surface area contributed by atoms with Crippen LogP contribution in [0.15, 0.2) is 97.2 Å². The van der Waals surface area contributed by atoms with Gasteiger partial charge in [-0.05, 0) is 116 Å². The van der Waals surface area contributed by atoms with Gasteiger partial charge in [-0.3, -0.25) is 14.4 Å². The Hall–Kier alpha value is -3.67. The maximum atomic E-state index is 12.9. The third-order valence-electron chi connectivity index (χ3n) is 13.0. The lowest BCUT2D eigenvalue weighted by atomic mass is 10.1. The van der Waals surface area contributed by atoms with Gasteiger partial charge in [0, 0.05) is 19.3 Å². The van der Waals surface area contributed by atoms with E-state index in [-0.39, 0.29) is 37.5 Å². The van der Waals surface area contributed by atoms with E-state index in [0.29, 0.717) is 19.3 Å². The predicted octanol–water partition coefficient (Wildman–Crippen LogP) is 20.9. The van der Waals surface area contributed by atoms with Crippen molar-refractivity contribution in [2.75, 3.05) is 13.2 Å². The molecule has 0 amide bonds. The first-order valence-electron chi connectivity index (χ1n) is 30.7. The Bertz CT molecular complexity index is 1440. The van der Waals surface area contributed by atoms with Crippen molar-refractivity contribution < 1.29 is 28.6 Å². The molecule has 418 valence electrons. The molecule has 6 nitrogen and oxygen atoms in total. The molecule has 0 bridgehead atoms. The lowest BCUT2D eigenvalue weighted by Gasteiger charge is -2.18. The maximum Gasteiger partial charge on any atom is 0.306 e. The number of carbonyl (C=O) groups excluding carboxylic acids is 3. The molecule has 0 aromatic heterocycles. The molecule has 0 rings (SSSR count). The van der Waals surface area contributed by atoms with E-state index in [1.807, 2.05) is 0 Å². The van der Waals surface area contributed by atoms with E-state index in [1.54, 1.807) is 0 Å². The third kappa shape index (κ3) is 59.1. The maximum absolute atomic E-state index is 12.9. The smallest absolute Gasteiger partial charge is 0.306 e. The van der Waals surface area contributed by atoms with Crippen LogP contribution >= 0.6 is 0 Å². The first-order chi connectivity index (χ1) is 36.0. The normalized spacial score (nSPS) is 12.8. The predicted molar refractivity (Wildman–Crippen MR) is 316 cm³/mol. The van der Waals surface area contributed by atoms with Crippen molar-refractivity contribution in [2.45, 2.75) is 297 Å². The molecule has 0 saturated heterocycles. The van der Waals surface area contributed by atoms with Crippen molar-refractivity contribution in [3.63, 3.8) is 0 Å². The molecular formula is C67H114O6. The lowest BCUT2D eigenvalue weighted by Crippen LogP contribution is -2.30. The van der Waals surface area contributed by atoms with E-state index in [0.717, 1.165) is 83.5 Å². The van der Waals surface area contributed by atoms with Gasteiger partial charge < -0.3 is 14.2 Å². The zero-order valence-electron chi connectivity index (χ0n) is 47.9. The number of carbonyl (C=O) groups is 3. The number of ether oxygens (including phenoxy) is 3. The molecule has 73 heavy (non-hydrogen) atoms. The highest BCUT2D eigenvalue weighted by Crippen LogP contribution is 2.15. The highest BCUT2D eigenvalue weighted by atomic mass is 16.6. The van der Waals surface area contributed by atoms with Crippen molar-refractivity contribution in [1.82, 2.24) is 0 Å². The number of hydrogen-bond donors (Lipinski definition) is 0. The second-order valence-corrected chi connectivity index (χ2v) is 20.2. The molecule has 0 N–H and O–H groups in total. The molecule has 0 aliphatic rings. The molecule has 0 radical (unpaired) electrons. The summed E-state index contributed by atoms with van der Waals surface area (Å²) in [5, 5.41) is 0. The van der Waals surface area contributed by atoms with Crippen LogP contribution in [0.1, 0.15) is 290 Å². The topological polar surface area (TPSA) is 78.9 Å². The Labute approximate surface area is 451 Å². The quantitative estimate of drug-likeness (QED) is 0.0261. The van der Waals surface area contributed by atoms with Gasteiger partial charge in [-0.25, -0.2) is 0 Å². The SMILES string of the molecule is CC/C=C\C/C=C\C/C=C\C/C=C\C/C=C\CCCC(=O)OC[C@H](COC(=O)CCCCCCCCCCC/C=C\C/C=C\CCCCC)OC(=O)CCCCCCCCC/C=C\CCCCCCCCCC. The number of unbranched alkanes of at least 4 members (excludes halogenated alkanes) is 28. The van der Waals surface area contributed by atoms with Crippen LogP contribution in [-0.2, 0) is 28.6 Å². The fourth-order valence-corrected chi connectivity index (χ4v) is 8.44. The second-order valence-electron chi connectivity index (χ2n) is 20.2. The molecule has 0 aliphatic carbocycles. The van der Waals surface area contributed by atoms with E-state index >= 15 is 0 Å². The fraction of sp³-hybridized carbons (Fsp3) is 0.716. The summed E-state index contributed by atoms with van der Waals surface area (Å²) in [5.41, 5.74) is 0. The van der Waals surface area contributed by atoms with E-state index in [9.17, 15) is 14.4 Å². The van der Waals surface area contributed by atoms with E-state index < -0.39 is 6.10 Å². The average molecular weight is 1020 g/mol. The van der Waals surface area contributed by atoms with Crippen molar-refractivity contribution in [3.05, 3.63) is 97.2 Å². The zero-order chi connectivity index (χ0) is 52.9. The van der Waals surface area contributed by atoms with E-state index in [1.165, 1.54) is 161 Å². The molecule has 0 aromatic rings. The Kier molecular flexibility index (Phi) is 57.8. The minimum absolute atomic E-state index is 0.0990. The van der Waals surface area contributed by atoms with Crippen molar-refractivity contribution >= 4 is 17.9 Å². The number of hydrogen-bond acceptors (Lipinski definition) is 6. The molecule has 6 heteroatoms.